The number of hydrogen-bond donors (Lipinski definition) is 3. The number of carbonyl (C=O) groups excluding carboxylic acids is 2. The SMILES string of the molecule is CCOc1ccc(C(=O)NC(=S)Nc2ccc(CC(=O)NC)cc2)cc1. The molecule has 2 aromatic rings. The van der Waals surface area contributed by atoms with Crippen molar-refractivity contribution < 1.29 is 14.3 Å². The fraction of sp³-hybridized carbons (Fsp3) is 0.211. The minimum absolute atomic E-state index is 0.0520. The number of rotatable bonds is 6. The van der Waals surface area contributed by atoms with E-state index < -0.39 is 0 Å². The molecule has 3 N–H and O–H groups in total. The number of benzene rings is 2. The van der Waals surface area contributed by atoms with Crippen LogP contribution in [0.4, 0.5) is 5.69 Å². The van der Waals surface area contributed by atoms with Gasteiger partial charge in [-0.25, -0.2) is 0 Å². The molecule has 0 radical (unpaired) electrons. The molecule has 0 heterocycles. The van der Waals surface area contributed by atoms with Gasteiger partial charge >= 0.3 is 0 Å². The standard InChI is InChI=1S/C19H21N3O3S/c1-3-25-16-10-6-14(7-11-16)18(24)22-19(26)21-15-8-4-13(5-9-15)12-17(23)20-2/h4-11H,3,12H2,1-2H3,(H,20,23)(H2,21,22,24,26). The van der Waals surface area contributed by atoms with Gasteiger partial charge in [0.25, 0.3) is 5.91 Å². The Kier molecular flexibility index (Phi) is 7.11. The Morgan fingerprint density at radius 2 is 1.69 bits per heavy atom. The van der Waals surface area contributed by atoms with E-state index in [9.17, 15) is 9.59 Å². The van der Waals surface area contributed by atoms with Gasteiger partial charge in [0.15, 0.2) is 5.11 Å². The Hall–Kier alpha value is -2.93. The van der Waals surface area contributed by atoms with Crippen LogP contribution in [-0.4, -0.2) is 30.6 Å². The lowest BCUT2D eigenvalue weighted by atomic mass is 10.1. The summed E-state index contributed by atoms with van der Waals surface area (Å²) in [7, 11) is 1.60. The molecule has 0 atom stereocenters. The second kappa shape index (κ2) is 9.53. The summed E-state index contributed by atoms with van der Waals surface area (Å²) in [4.78, 5) is 23.6. The number of nitrogens with one attached hydrogen (secondary N) is 3. The summed E-state index contributed by atoms with van der Waals surface area (Å²) < 4.78 is 5.35. The highest BCUT2D eigenvalue weighted by Gasteiger charge is 2.08. The summed E-state index contributed by atoms with van der Waals surface area (Å²) in [5.74, 6) is 0.354. The van der Waals surface area contributed by atoms with E-state index in [1.807, 2.05) is 19.1 Å². The molecular formula is C19H21N3O3S. The number of likely N-dealkylation sites (N-methyl/N-ethyl adjacent to an activating group) is 1. The molecule has 0 aliphatic heterocycles. The molecule has 6 nitrogen and oxygen atoms in total. The number of carbonyl (C=O) groups is 2. The summed E-state index contributed by atoms with van der Waals surface area (Å²) in [6.07, 6.45) is 0.315. The fourth-order valence-corrected chi connectivity index (χ4v) is 2.40. The van der Waals surface area contributed by atoms with E-state index >= 15 is 0 Å². The number of amides is 2. The zero-order valence-corrected chi connectivity index (χ0v) is 15.5. The van der Waals surface area contributed by atoms with E-state index in [1.165, 1.54) is 0 Å². The zero-order valence-electron chi connectivity index (χ0n) is 14.7. The normalized spacial score (nSPS) is 9.92. The van der Waals surface area contributed by atoms with Gasteiger partial charge in [0.1, 0.15) is 5.75 Å². The van der Waals surface area contributed by atoms with Gasteiger partial charge < -0.3 is 15.4 Å². The molecule has 7 heteroatoms. The molecule has 26 heavy (non-hydrogen) atoms. The van der Waals surface area contributed by atoms with Crippen molar-refractivity contribution in [2.24, 2.45) is 0 Å². The Morgan fingerprint density at radius 3 is 2.27 bits per heavy atom. The smallest absolute Gasteiger partial charge is 0.257 e. The average Bonchev–Trinajstić information content (AvgIpc) is 2.64. The van der Waals surface area contributed by atoms with E-state index in [2.05, 4.69) is 16.0 Å². The first-order valence-corrected chi connectivity index (χ1v) is 8.57. The van der Waals surface area contributed by atoms with Crippen LogP contribution in [0.15, 0.2) is 48.5 Å². The Morgan fingerprint density at radius 1 is 1.04 bits per heavy atom. The van der Waals surface area contributed by atoms with Crippen LogP contribution in [0.1, 0.15) is 22.8 Å². The molecule has 2 rings (SSSR count). The Balaban J connectivity index is 1.89. The molecule has 0 spiro atoms. The van der Waals surface area contributed by atoms with Gasteiger partial charge in [-0.1, -0.05) is 12.1 Å². The second-order valence-corrected chi connectivity index (χ2v) is 5.82. The summed E-state index contributed by atoms with van der Waals surface area (Å²) >= 11 is 5.17. The molecule has 2 amide bonds. The van der Waals surface area contributed by atoms with Crippen LogP contribution < -0.4 is 20.7 Å². The van der Waals surface area contributed by atoms with Crippen LogP contribution in [0.5, 0.6) is 5.75 Å². The predicted octanol–water partition coefficient (Wildman–Crippen LogP) is 2.50. The van der Waals surface area contributed by atoms with Crippen LogP contribution in [0, 0.1) is 0 Å². The highest BCUT2D eigenvalue weighted by molar-refractivity contribution is 7.80. The third-order valence-electron chi connectivity index (χ3n) is 3.51. The van der Waals surface area contributed by atoms with Crippen molar-refractivity contribution in [1.29, 1.82) is 0 Å². The molecule has 0 fully saturated rings. The van der Waals surface area contributed by atoms with Crippen molar-refractivity contribution in [2.75, 3.05) is 19.0 Å². The summed E-state index contributed by atoms with van der Waals surface area (Å²) in [6.45, 7) is 2.47. The van der Waals surface area contributed by atoms with Crippen molar-refractivity contribution in [3.63, 3.8) is 0 Å². The fourth-order valence-electron chi connectivity index (χ4n) is 2.19. The predicted molar refractivity (Wildman–Crippen MR) is 106 cm³/mol. The number of ether oxygens (including phenoxy) is 1. The van der Waals surface area contributed by atoms with Gasteiger partial charge in [-0.2, -0.15) is 0 Å². The summed E-state index contributed by atoms with van der Waals surface area (Å²) in [6, 6.07) is 14.1. The third kappa shape index (κ3) is 5.86. The maximum atomic E-state index is 12.2. The van der Waals surface area contributed by atoms with Gasteiger partial charge in [0.05, 0.1) is 13.0 Å². The molecular weight excluding hydrogens is 350 g/mol. The molecule has 0 aliphatic rings. The van der Waals surface area contributed by atoms with E-state index in [0.29, 0.717) is 24.3 Å². The molecule has 0 unspecified atom stereocenters. The van der Waals surface area contributed by atoms with Gasteiger partial charge in [-0.15, -0.1) is 0 Å². The van der Waals surface area contributed by atoms with E-state index in [-0.39, 0.29) is 16.9 Å². The molecule has 0 saturated carbocycles. The van der Waals surface area contributed by atoms with E-state index in [0.717, 1.165) is 11.3 Å². The van der Waals surface area contributed by atoms with Crippen LogP contribution in [0.2, 0.25) is 0 Å². The summed E-state index contributed by atoms with van der Waals surface area (Å²) in [5.41, 5.74) is 2.10. The number of anilines is 1. The number of thiocarbonyl (C=S) groups is 1. The zero-order chi connectivity index (χ0) is 18.9. The van der Waals surface area contributed by atoms with Crippen molar-refractivity contribution in [3.8, 4) is 5.75 Å². The minimum atomic E-state index is -0.304. The van der Waals surface area contributed by atoms with Crippen molar-refractivity contribution in [2.45, 2.75) is 13.3 Å². The molecule has 2 aromatic carbocycles. The average molecular weight is 371 g/mol. The third-order valence-corrected chi connectivity index (χ3v) is 3.71. The Labute approximate surface area is 157 Å². The minimum Gasteiger partial charge on any atom is -0.494 e. The lowest BCUT2D eigenvalue weighted by Gasteiger charge is -2.10. The first-order chi connectivity index (χ1) is 12.5. The van der Waals surface area contributed by atoms with Crippen molar-refractivity contribution >= 4 is 34.8 Å². The second-order valence-electron chi connectivity index (χ2n) is 5.41. The molecule has 136 valence electrons. The first-order valence-electron chi connectivity index (χ1n) is 8.16. The van der Waals surface area contributed by atoms with Crippen LogP contribution in [-0.2, 0) is 11.2 Å². The van der Waals surface area contributed by atoms with Crippen molar-refractivity contribution in [1.82, 2.24) is 10.6 Å². The van der Waals surface area contributed by atoms with Gasteiger partial charge in [-0.3, -0.25) is 14.9 Å². The maximum Gasteiger partial charge on any atom is 0.257 e. The quantitative estimate of drug-likeness (QED) is 0.680. The van der Waals surface area contributed by atoms with Gasteiger partial charge in [0.2, 0.25) is 5.91 Å². The van der Waals surface area contributed by atoms with E-state index in [4.69, 9.17) is 17.0 Å². The van der Waals surface area contributed by atoms with Gasteiger partial charge in [-0.05, 0) is 61.1 Å². The van der Waals surface area contributed by atoms with Crippen molar-refractivity contribution in [3.05, 3.63) is 59.7 Å². The lowest BCUT2D eigenvalue weighted by molar-refractivity contribution is -0.119. The van der Waals surface area contributed by atoms with Gasteiger partial charge in [0, 0.05) is 18.3 Å². The monoisotopic (exact) mass is 371 g/mol. The van der Waals surface area contributed by atoms with Crippen LogP contribution >= 0.6 is 12.2 Å². The topological polar surface area (TPSA) is 79.5 Å². The molecule has 0 saturated heterocycles. The Bertz CT molecular complexity index is 774. The van der Waals surface area contributed by atoms with Crippen LogP contribution in [0.3, 0.4) is 0 Å². The molecule has 0 aromatic heterocycles. The number of hydrogen-bond acceptors (Lipinski definition) is 4. The highest BCUT2D eigenvalue weighted by Crippen LogP contribution is 2.13. The maximum absolute atomic E-state index is 12.2. The lowest BCUT2D eigenvalue weighted by Crippen LogP contribution is -2.34. The molecule has 0 bridgehead atoms. The molecule has 0 aliphatic carbocycles. The first kappa shape index (κ1) is 19.4. The van der Waals surface area contributed by atoms with E-state index in [1.54, 1.807) is 43.4 Å². The summed E-state index contributed by atoms with van der Waals surface area (Å²) in [5, 5.41) is 8.35. The highest BCUT2D eigenvalue weighted by atomic mass is 32.1. The van der Waals surface area contributed by atoms with Crippen LogP contribution in [0.25, 0.3) is 0 Å². The largest absolute Gasteiger partial charge is 0.494 e.